The largest absolute Gasteiger partial charge is 0.367 e. The van der Waals surface area contributed by atoms with E-state index < -0.39 is 0 Å². The minimum Gasteiger partial charge on any atom is -0.367 e. The second-order valence-electron chi connectivity index (χ2n) is 4.11. The molecule has 0 amide bonds. The van der Waals surface area contributed by atoms with E-state index in [0.29, 0.717) is 16.9 Å². The molecular formula is C12H9ClN4. The number of pyridine rings is 2. The van der Waals surface area contributed by atoms with E-state index >= 15 is 0 Å². The molecule has 84 valence electrons. The third-order valence-electron chi connectivity index (χ3n) is 2.71. The number of hydrogen-bond donors (Lipinski definition) is 1. The predicted molar refractivity (Wildman–Crippen MR) is 65.9 cm³/mol. The highest BCUT2D eigenvalue weighted by atomic mass is 35.5. The molecule has 1 N–H and O–H groups in total. The summed E-state index contributed by atoms with van der Waals surface area (Å²) in [5.74, 6) is 0.728. The molecule has 0 aliphatic heterocycles. The van der Waals surface area contributed by atoms with Crippen molar-refractivity contribution in [2.45, 2.75) is 18.9 Å². The van der Waals surface area contributed by atoms with Crippen LogP contribution in [0.1, 0.15) is 18.5 Å². The van der Waals surface area contributed by atoms with Crippen LogP contribution in [-0.2, 0) is 0 Å². The summed E-state index contributed by atoms with van der Waals surface area (Å²) in [6, 6.07) is 6.03. The van der Waals surface area contributed by atoms with Gasteiger partial charge in [0.2, 0.25) is 0 Å². The topological polar surface area (TPSA) is 61.6 Å². The van der Waals surface area contributed by atoms with E-state index in [1.54, 1.807) is 18.3 Å². The highest BCUT2D eigenvalue weighted by molar-refractivity contribution is 6.30. The van der Waals surface area contributed by atoms with Crippen molar-refractivity contribution in [3.8, 4) is 6.07 Å². The van der Waals surface area contributed by atoms with E-state index in [4.69, 9.17) is 16.9 Å². The third kappa shape index (κ3) is 2.02. The zero-order valence-corrected chi connectivity index (χ0v) is 9.70. The molecule has 3 rings (SSSR count). The zero-order chi connectivity index (χ0) is 11.8. The SMILES string of the molecule is N#Cc1cc2cnc(Cl)cc2c(NC2CC2)n1. The molecule has 0 unspecified atom stereocenters. The molecule has 1 saturated carbocycles. The summed E-state index contributed by atoms with van der Waals surface area (Å²) in [7, 11) is 0. The molecule has 0 radical (unpaired) electrons. The van der Waals surface area contributed by atoms with Crippen molar-refractivity contribution in [3.63, 3.8) is 0 Å². The van der Waals surface area contributed by atoms with Crippen molar-refractivity contribution in [3.05, 3.63) is 29.2 Å². The van der Waals surface area contributed by atoms with E-state index in [2.05, 4.69) is 21.4 Å². The Hall–Kier alpha value is -1.86. The molecule has 0 atom stereocenters. The highest BCUT2D eigenvalue weighted by Gasteiger charge is 2.22. The van der Waals surface area contributed by atoms with E-state index in [1.165, 1.54) is 0 Å². The van der Waals surface area contributed by atoms with Crippen LogP contribution < -0.4 is 5.32 Å². The zero-order valence-electron chi connectivity index (χ0n) is 8.94. The predicted octanol–water partition coefficient (Wildman–Crippen LogP) is 2.73. The molecule has 1 aliphatic rings. The lowest BCUT2D eigenvalue weighted by Gasteiger charge is -2.08. The second kappa shape index (κ2) is 3.86. The molecule has 1 aliphatic carbocycles. The van der Waals surface area contributed by atoms with Gasteiger partial charge in [-0.3, -0.25) is 0 Å². The lowest BCUT2D eigenvalue weighted by atomic mass is 10.2. The number of aromatic nitrogens is 2. The second-order valence-corrected chi connectivity index (χ2v) is 4.50. The number of rotatable bonds is 2. The van der Waals surface area contributed by atoms with Gasteiger partial charge >= 0.3 is 0 Å². The fourth-order valence-corrected chi connectivity index (χ4v) is 1.87. The Morgan fingerprint density at radius 1 is 1.41 bits per heavy atom. The summed E-state index contributed by atoms with van der Waals surface area (Å²) in [4.78, 5) is 8.30. The first-order valence-electron chi connectivity index (χ1n) is 5.39. The normalized spacial score (nSPS) is 14.6. The van der Waals surface area contributed by atoms with Crippen LogP contribution in [0.3, 0.4) is 0 Å². The lowest BCUT2D eigenvalue weighted by molar-refractivity contribution is 1.11. The van der Waals surface area contributed by atoms with Crippen molar-refractivity contribution < 1.29 is 0 Å². The van der Waals surface area contributed by atoms with Crippen LogP contribution >= 0.6 is 11.6 Å². The molecule has 0 saturated heterocycles. The van der Waals surface area contributed by atoms with Crippen LogP contribution in [0, 0.1) is 11.3 Å². The van der Waals surface area contributed by atoms with Crippen LogP contribution in [0.15, 0.2) is 18.3 Å². The van der Waals surface area contributed by atoms with Gasteiger partial charge in [-0.2, -0.15) is 5.26 Å². The van der Waals surface area contributed by atoms with Crippen LogP contribution in [0.5, 0.6) is 0 Å². The van der Waals surface area contributed by atoms with Crippen LogP contribution in [-0.4, -0.2) is 16.0 Å². The molecule has 2 heterocycles. The van der Waals surface area contributed by atoms with Gasteiger partial charge in [-0.05, 0) is 25.0 Å². The molecule has 4 nitrogen and oxygen atoms in total. The van der Waals surface area contributed by atoms with Gasteiger partial charge in [0.05, 0.1) is 0 Å². The summed E-state index contributed by atoms with van der Waals surface area (Å²) >= 11 is 5.88. The fourth-order valence-electron chi connectivity index (χ4n) is 1.71. The Morgan fingerprint density at radius 2 is 2.24 bits per heavy atom. The maximum absolute atomic E-state index is 8.94. The maximum Gasteiger partial charge on any atom is 0.143 e. The Bertz CT molecular complexity index is 628. The van der Waals surface area contributed by atoms with E-state index in [9.17, 15) is 0 Å². The number of fused-ring (bicyclic) bond motifs is 1. The average molecular weight is 245 g/mol. The molecule has 0 spiro atoms. The summed E-state index contributed by atoms with van der Waals surface area (Å²) in [6.45, 7) is 0. The molecule has 1 fully saturated rings. The summed E-state index contributed by atoms with van der Waals surface area (Å²) in [6.07, 6.45) is 3.97. The van der Waals surface area contributed by atoms with Crippen LogP contribution in [0.2, 0.25) is 5.15 Å². The average Bonchev–Trinajstić information content (AvgIpc) is 3.13. The number of hydrogen-bond acceptors (Lipinski definition) is 4. The van der Waals surface area contributed by atoms with Crippen molar-refractivity contribution in [1.82, 2.24) is 9.97 Å². The fraction of sp³-hybridized carbons (Fsp3) is 0.250. The number of nitrogens with zero attached hydrogens (tertiary/aromatic N) is 3. The number of halogens is 1. The molecule has 5 heteroatoms. The minimum absolute atomic E-state index is 0.393. The maximum atomic E-state index is 8.94. The Labute approximate surface area is 103 Å². The Kier molecular flexibility index (Phi) is 2.34. The van der Waals surface area contributed by atoms with Gasteiger partial charge in [0.25, 0.3) is 0 Å². The number of anilines is 1. The quantitative estimate of drug-likeness (QED) is 0.825. The van der Waals surface area contributed by atoms with E-state index in [0.717, 1.165) is 29.4 Å². The molecule has 2 aromatic rings. The number of nitrogens with one attached hydrogen (secondary N) is 1. The van der Waals surface area contributed by atoms with Crippen molar-refractivity contribution in [1.29, 1.82) is 5.26 Å². The lowest BCUT2D eigenvalue weighted by Crippen LogP contribution is -2.04. The first kappa shape index (κ1) is 10.3. The van der Waals surface area contributed by atoms with Crippen LogP contribution in [0.4, 0.5) is 5.82 Å². The molecule has 2 aromatic heterocycles. The van der Waals surface area contributed by atoms with E-state index in [-0.39, 0.29) is 0 Å². The minimum atomic E-state index is 0.393. The number of nitriles is 1. The third-order valence-corrected chi connectivity index (χ3v) is 2.92. The molecule has 17 heavy (non-hydrogen) atoms. The van der Waals surface area contributed by atoms with Gasteiger partial charge in [0.1, 0.15) is 22.7 Å². The first-order chi connectivity index (χ1) is 8.26. The first-order valence-corrected chi connectivity index (χ1v) is 5.77. The Balaban J connectivity index is 2.20. The monoisotopic (exact) mass is 244 g/mol. The van der Waals surface area contributed by atoms with Crippen LogP contribution in [0.25, 0.3) is 10.8 Å². The van der Waals surface area contributed by atoms with Gasteiger partial charge in [-0.25, -0.2) is 9.97 Å². The van der Waals surface area contributed by atoms with E-state index in [1.807, 2.05) is 0 Å². The highest BCUT2D eigenvalue weighted by Crippen LogP contribution is 2.29. The Morgan fingerprint density at radius 3 is 2.94 bits per heavy atom. The summed E-state index contributed by atoms with van der Waals surface area (Å²) in [5.41, 5.74) is 0.393. The molecular weight excluding hydrogens is 236 g/mol. The van der Waals surface area contributed by atoms with Gasteiger partial charge in [-0.1, -0.05) is 11.6 Å². The van der Waals surface area contributed by atoms with Crippen molar-refractivity contribution >= 4 is 28.2 Å². The molecule has 0 bridgehead atoms. The molecule has 0 aromatic carbocycles. The standard InChI is InChI=1S/C12H9ClN4/c13-11-4-10-7(6-15-11)3-9(5-14)17-12(10)16-8-1-2-8/h3-4,6,8H,1-2H2,(H,16,17). The summed E-state index contributed by atoms with van der Waals surface area (Å²) in [5, 5.41) is 14.5. The van der Waals surface area contributed by atoms with Crippen molar-refractivity contribution in [2.75, 3.05) is 5.32 Å². The van der Waals surface area contributed by atoms with Crippen molar-refractivity contribution in [2.24, 2.45) is 0 Å². The summed E-state index contributed by atoms with van der Waals surface area (Å²) < 4.78 is 0. The van der Waals surface area contributed by atoms with Gasteiger partial charge in [0.15, 0.2) is 0 Å². The smallest absolute Gasteiger partial charge is 0.143 e. The van der Waals surface area contributed by atoms with Gasteiger partial charge < -0.3 is 5.32 Å². The van der Waals surface area contributed by atoms with Gasteiger partial charge in [-0.15, -0.1) is 0 Å². The van der Waals surface area contributed by atoms with Gasteiger partial charge in [0, 0.05) is 23.0 Å².